The van der Waals surface area contributed by atoms with Crippen LogP contribution in [-0.2, 0) is 4.79 Å². The molecule has 0 saturated carbocycles. The molecule has 1 rings (SSSR count). The molecule has 1 aliphatic heterocycles. The summed E-state index contributed by atoms with van der Waals surface area (Å²) in [5, 5.41) is 10.8. The Hall–Kier alpha value is -1.37. The van der Waals surface area contributed by atoms with Gasteiger partial charge in [-0.05, 0) is 13.0 Å². The Morgan fingerprint density at radius 3 is 3.00 bits per heavy atom. The van der Waals surface area contributed by atoms with E-state index in [4.69, 9.17) is 5.26 Å². The van der Waals surface area contributed by atoms with E-state index in [1.54, 1.807) is 6.92 Å². The smallest absolute Gasteiger partial charge is 0.280 e. The van der Waals surface area contributed by atoms with Crippen LogP contribution in [0.15, 0.2) is 11.9 Å². The van der Waals surface area contributed by atoms with Gasteiger partial charge < -0.3 is 5.32 Å². The van der Waals surface area contributed by atoms with Gasteiger partial charge in [0, 0.05) is 6.42 Å². The first-order chi connectivity index (χ1) is 5.07. The highest BCUT2D eigenvalue weighted by Gasteiger charge is 2.30. The van der Waals surface area contributed by atoms with Crippen molar-refractivity contribution in [2.24, 2.45) is 0 Å². The van der Waals surface area contributed by atoms with Crippen LogP contribution in [0.25, 0.3) is 0 Å². The molecule has 0 bridgehead atoms. The maximum absolute atomic E-state index is 12.4. The first-order valence-corrected chi connectivity index (χ1v) is 3.17. The fourth-order valence-corrected chi connectivity index (χ4v) is 0.821. The van der Waals surface area contributed by atoms with Crippen LogP contribution >= 0.6 is 0 Å². The van der Waals surface area contributed by atoms with Crippen LogP contribution in [0.3, 0.4) is 0 Å². The fourth-order valence-electron chi connectivity index (χ4n) is 0.821. The number of nitrogens with one attached hydrogen (secondary N) is 1. The van der Waals surface area contributed by atoms with Crippen molar-refractivity contribution in [3.05, 3.63) is 11.9 Å². The second-order valence-electron chi connectivity index (χ2n) is 2.65. The molecule has 1 aliphatic rings. The van der Waals surface area contributed by atoms with E-state index < -0.39 is 17.3 Å². The fraction of sp³-hybridized carbons (Fsp3) is 0.429. The molecule has 1 amide bonds. The number of nitriles is 1. The zero-order chi connectivity index (χ0) is 8.48. The molecule has 1 N–H and O–H groups in total. The van der Waals surface area contributed by atoms with Crippen molar-refractivity contribution in [2.75, 3.05) is 0 Å². The number of carbonyl (C=O) groups excluding carboxylic acids is 1. The van der Waals surface area contributed by atoms with Crippen molar-refractivity contribution in [3.63, 3.8) is 0 Å². The minimum absolute atomic E-state index is 0.223. The van der Waals surface area contributed by atoms with Gasteiger partial charge in [-0.25, -0.2) is 4.39 Å². The lowest BCUT2D eigenvalue weighted by Crippen LogP contribution is -2.47. The van der Waals surface area contributed by atoms with E-state index >= 15 is 0 Å². The van der Waals surface area contributed by atoms with E-state index in [2.05, 4.69) is 5.32 Å². The molecule has 1 atom stereocenters. The Labute approximate surface area is 63.5 Å². The lowest BCUT2D eigenvalue weighted by atomic mass is 9.96. The van der Waals surface area contributed by atoms with Gasteiger partial charge in [-0.3, -0.25) is 4.79 Å². The van der Waals surface area contributed by atoms with Crippen LogP contribution in [0.5, 0.6) is 0 Å². The van der Waals surface area contributed by atoms with Gasteiger partial charge in [0.25, 0.3) is 5.91 Å². The Kier molecular flexibility index (Phi) is 1.65. The largest absolute Gasteiger partial charge is 0.332 e. The zero-order valence-corrected chi connectivity index (χ0v) is 6.02. The number of hydrogen-bond acceptors (Lipinski definition) is 2. The first kappa shape index (κ1) is 7.73. The molecule has 4 heteroatoms. The summed E-state index contributed by atoms with van der Waals surface area (Å²) in [4.78, 5) is 10.7. The van der Waals surface area contributed by atoms with Crippen LogP contribution in [0, 0.1) is 11.3 Å². The molecule has 3 nitrogen and oxygen atoms in total. The highest BCUT2D eigenvalue weighted by atomic mass is 19.1. The Balaban J connectivity index is 2.87. The van der Waals surface area contributed by atoms with E-state index in [1.165, 1.54) is 0 Å². The van der Waals surface area contributed by atoms with Crippen molar-refractivity contribution in [2.45, 2.75) is 18.9 Å². The Morgan fingerprint density at radius 2 is 2.55 bits per heavy atom. The summed E-state index contributed by atoms with van der Waals surface area (Å²) >= 11 is 0. The third kappa shape index (κ3) is 1.37. The Morgan fingerprint density at radius 1 is 1.91 bits per heavy atom. The highest BCUT2D eigenvalue weighted by molar-refractivity contribution is 5.93. The van der Waals surface area contributed by atoms with E-state index in [-0.39, 0.29) is 6.42 Å². The lowest BCUT2D eigenvalue weighted by Gasteiger charge is -2.24. The molecular formula is C7H7FN2O. The minimum Gasteiger partial charge on any atom is -0.332 e. The molecule has 0 aromatic rings. The van der Waals surface area contributed by atoms with Gasteiger partial charge in [-0.1, -0.05) is 0 Å². The molecule has 0 fully saturated rings. The van der Waals surface area contributed by atoms with Crippen molar-refractivity contribution in [3.8, 4) is 6.07 Å². The van der Waals surface area contributed by atoms with Crippen LogP contribution in [-0.4, -0.2) is 11.4 Å². The maximum atomic E-state index is 12.4. The molecule has 0 aromatic carbocycles. The molecule has 58 valence electrons. The molecule has 0 saturated heterocycles. The summed E-state index contributed by atoms with van der Waals surface area (Å²) in [6.45, 7) is 1.55. The third-order valence-corrected chi connectivity index (χ3v) is 1.54. The first-order valence-electron chi connectivity index (χ1n) is 3.17. The van der Waals surface area contributed by atoms with Gasteiger partial charge in [-0.2, -0.15) is 5.26 Å². The zero-order valence-electron chi connectivity index (χ0n) is 6.02. The summed E-state index contributed by atoms with van der Waals surface area (Å²) in [7, 11) is 0. The summed E-state index contributed by atoms with van der Waals surface area (Å²) in [5.74, 6) is -1.61. The van der Waals surface area contributed by atoms with E-state index in [1.807, 2.05) is 6.07 Å². The number of hydrogen-bond donors (Lipinski definition) is 1. The molecule has 0 aromatic heterocycles. The van der Waals surface area contributed by atoms with Gasteiger partial charge >= 0.3 is 0 Å². The van der Waals surface area contributed by atoms with E-state index in [0.717, 1.165) is 6.08 Å². The number of amides is 1. The predicted molar refractivity (Wildman–Crippen MR) is 36.0 cm³/mol. The quantitative estimate of drug-likeness (QED) is 0.556. The number of carbonyl (C=O) groups is 1. The summed E-state index contributed by atoms with van der Waals surface area (Å²) < 4.78 is 12.4. The van der Waals surface area contributed by atoms with Crippen molar-refractivity contribution in [1.82, 2.24) is 5.32 Å². The monoisotopic (exact) mass is 154 g/mol. The topological polar surface area (TPSA) is 52.9 Å². The van der Waals surface area contributed by atoms with Crippen LogP contribution in [0.2, 0.25) is 0 Å². The van der Waals surface area contributed by atoms with E-state index in [0.29, 0.717) is 0 Å². The average molecular weight is 154 g/mol. The minimum atomic E-state index is -0.938. The van der Waals surface area contributed by atoms with Gasteiger partial charge in [0.1, 0.15) is 5.54 Å². The Bertz CT molecular complexity index is 266. The average Bonchev–Trinajstić information content (AvgIpc) is 1.98. The molecule has 1 heterocycles. The van der Waals surface area contributed by atoms with Crippen LogP contribution < -0.4 is 5.32 Å². The molecular weight excluding hydrogens is 147 g/mol. The lowest BCUT2D eigenvalue weighted by molar-refractivity contribution is -0.120. The molecule has 0 spiro atoms. The molecule has 11 heavy (non-hydrogen) atoms. The second kappa shape index (κ2) is 2.35. The molecule has 1 unspecified atom stereocenters. The van der Waals surface area contributed by atoms with Gasteiger partial charge in [-0.15, -0.1) is 0 Å². The molecule has 0 radical (unpaired) electrons. The summed E-state index contributed by atoms with van der Waals surface area (Å²) in [6, 6.07) is 1.89. The summed E-state index contributed by atoms with van der Waals surface area (Å²) in [5.41, 5.74) is -0.938. The van der Waals surface area contributed by atoms with Crippen LogP contribution in [0.1, 0.15) is 13.3 Å². The number of rotatable bonds is 0. The van der Waals surface area contributed by atoms with E-state index in [9.17, 15) is 9.18 Å². The van der Waals surface area contributed by atoms with Gasteiger partial charge in [0.05, 0.1) is 6.07 Å². The SMILES string of the molecule is CC1(C#N)CC=C(F)C(=O)N1. The normalized spacial score (nSPS) is 30.3. The second-order valence-corrected chi connectivity index (χ2v) is 2.65. The highest BCUT2D eigenvalue weighted by Crippen LogP contribution is 2.17. The maximum Gasteiger partial charge on any atom is 0.280 e. The molecule has 0 aliphatic carbocycles. The number of nitrogens with zero attached hydrogens (tertiary/aromatic N) is 1. The predicted octanol–water partition coefficient (Wildman–Crippen LogP) is 0.642. The van der Waals surface area contributed by atoms with Crippen molar-refractivity contribution < 1.29 is 9.18 Å². The van der Waals surface area contributed by atoms with Gasteiger partial charge in [0.15, 0.2) is 5.83 Å². The third-order valence-electron chi connectivity index (χ3n) is 1.54. The van der Waals surface area contributed by atoms with Crippen LogP contribution in [0.4, 0.5) is 4.39 Å². The van der Waals surface area contributed by atoms with Gasteiger partial charge in [0.2, 0.25) is 0 Å². The standard InChI is InChI=1S/C7H7FN2O/c1-7(4-9)3-2-5(8)6(11)10-7/h2H,3H2,1H3,(H,10,11). The van der Waals surface area contributed by atoms with Crippen molar-refractivity contribution >= 4 is 5.91 Å². The number of halogens is 1. The van der Waals surface area contributed by atoms with Crippen molar-refractivity contribution in [1.29, 1.82) is 5.26 Å². The summed E-state index contributed by atoms with van der Waals surface area (Å²) in [6.07, 6.45) is 1.35.